The average molecular weight is 311 g/mol. The molecule has 0 atom stereocenters. The third kappa shape index (κ3) is 4.35. The van der Waals surface area contributed by atoms with Gasteiger partial charge in [-0.3, -0.25) is 4.72 Å². The van der Waals surface area contributed by atoms with E-state index in [-0.39, 0.29) is 21.9 Å². The molecule has 0 spiro atoms. The number of nitrogens with one attached hydrogen (secondary N) is 1. The predicted octanol–water partition coefficient (Wildman–Crippen LogP) is 1.94. The van der Waals surface area contributed by atoms with Crippen molar-refractivity contribution in [3.8, 4) is 5.75 Å². The fourth-order valence-corrected chi connectivity index (χ4v) is 2.53. The molecule has 7 heteroatoms. The standard InChI is InChI=1S/C14H17NO5S/c1-4-5-6-10(2)15-21(18,19)11-7-8-13(16)12(9-11)14(17)20-3/h5-9,15-16H,2,4H2,1,3H3/b6-5-. The molecule has 6 nitrogen and oxygen atoms in total. The molecule has 0 radical (unpaired) electrons. The Balaban J connectivity index is 3.12. The second-order valence-electron chi connectivity index (χ2n) is 4.11. The summed E-state index contributed by atoms with van der Waals surface area (Å²) in [6.07, 6.45) is 4.03. The summed E-state index contributed by atoms with van der Waals surface area (Å²) >= 11 is 0. The van der Waals surface area contributed by atoms with Gasteiger partial charge in [0.2, 0.25) is 0 Å². The molecule has 0 aliphatic rings. The minimum atomic E-state index is -3.89. The molecule has 1 aromatic rings. The number of hydrogen-bond acceptors (Lipinski definition) is 5. The SMILES string of the molecule is C=C(/C=C\CC)NS(=O)(=O)c1ccc(O)c(C(=O)OC)c1. The molecule has 0 aliphatic carbocycles. The zero-order chi connectivity index (χ0) is 16.0. The van der Waals surface area contributed by atoms with E-state index in [2.05, 4.69) is 16.0 Å². The molecule has 0 aliphatic heterocycles. The van der Waals surface area contributed by atoms with Gasteiger partial charge < -0.3 is 9.84 Å². The second kappa shape index (κ2) is 6.94. The van der Waals surface area contributed by atoms with Gasteiger partial charge in [-0.05, 0) is 30.7 Å². The van der Waals surface area contributed by atoms with E-state index in [0.29, 0.717) is 0 Å². The van der Waals surface area contributed by atoms with Crippen LogP contribution in [0.4, 0.5) is 0 Å². The first-order valence-electron chi connectivity index (χ1n) is 6.11. The predicted molar refractivity (Wildman–Crippen MR) is 78.3 cm³/mol. The van der Waals surface area contributed by atoms with E-state index in [9.17, 15) is 18.3 Å². The van der Waals surface area contributed by atoms with Crippen LogP contribution in [0, 0.1) is 0 Å². The van der Waals surface area contributed by atoms with Crippen LogP contribution >= 0.6 is 0 Å². The van der Waals surface area contributed by atoms with Gasteiger partial charge in [-0.25, -0.2) is 13.2 Å². The van der Waals surface area contributed by atoms with E-state index in [1.807, 2.05) is 6.92 Å². The minimum absolute atomic E-state index is 0.174. The number of phenols is 1. The van der Waals surface area contributed by atoms with E-state index in [4.69, 9.17) is 0 Å². The van der Waals surface area contributed by atoms with Gasteiger partial charge in [-0.15, -0.1) is 0 Å². The van der Waals surface area contributed by atoms with Crippen molar-refractivity contribution >= 4 is 16.0 Å². The first kappa shape index (κ1) is 16.8. The van der Waals surface area contributed by atoms with Crippen LogP contribution in [-0.2, 0) is 14.8 Å². The topological polar surface area (TPSA) is 92.7 Å². The Hall–Kier alpha value is -2.28. The molecule has 21 heavy (non-hydrogen) atoms. The summed E-state index contributed by atoms with van der Waals surface area (Å²) in [4.78, 5) is 11.3. The van der Waals surface area contributed by atoms with Crippen molar-refractivity contribution in [2.45, 2.75) is 18.2 Å². The number of hydrogen-bond donors (Lipinski definition) is 2. The van der Waals surface area contributed by atoms with Crippen LogP contribution in [0.5, 0.6) is 5.75 Å². The van der Waals surface area contributed by atoms with Crippen LogP contribution in [0.2, 0.25) is 0 Å². The number of phenolic OH excluding ortho intramolecular Hbond substituents is 1. The molecular weight excluding hydrogens is 294 g/mol. The molecular formula is C14H17NO5S. The van der Waals surface area contributed by atoms with E-state index < -0.39 is 16.0 Å². The summed E-state index contributed by atoms with van der Waals surface area (Å²) in [6.45, 7) is 5.48. The average Bonchev–Trinajstić information content (AvgIpc) is 2.44. The van der Waals surface area contributed by atoms with Crippen LogP contribution in [0.3, 0.4) is 0 Å². The van der Waals surface area contributed by atoms with E-state index in [1.54, 1.807) is 12.2 Å². The maximum absolute atomic E-state index is 12.1. The van der Waals surface area contributed by atoms with Crippen LogP contribution < -0.4 is 4.72 Å². The van der Waals surface area contributed by atoms with Crippen LogP contribution in [0.25, 0.3) is 0 Å². The van der Waals surface area contributed by atoms with Crippen LogP contribution in [-0.4, -0.2) is 26.6 Å². The number of benzene rings is 1. The Morgan fingerprint density at radius 1 is 1.48 bits per heavy atom. The molecule has 1 aromatic carbocycles. The van der Waals surface area contributed by atoms with Crippen molar-refractivity contribution in [3.63, 3.8) is 0 Å². The lowest BCUT2D eigenvalue weighted by Gasteiger charge is -2.09. The lowest BCUT2D eigenvalue weighted by molar-refractivity contribution is 0.0597. The molecule has 1 rings (SSSR count). The summed E-state index contributed by atoms with van der Waals surface area (Å²) in [5.41, 5.74) is -0.0281. The highest BCUT2D eigenvalue weighted by molar-refractivity contribution is 7.89. The van der Waals surface area contributed by atoms with Gasteiger partial charge in [0.15, 0.2) is 0 Å². The third-order valence-corrected chi connectivity index (χ3v) is 3.91. The molecule has 0 heterocycles. The molecule has 0 fully saturated rings. The maximum Gasteiger partial charge on any atom is 0.341 e. The van der Waals surface area contributed by atoms with Gasteiger partial charge in [-0.1, -0.05) is 19.6 Å². The van der Waals surface area contributed by atoms with Crippen molar-refractivity contribution < 1.29 is 23.1 Å². The number of rotatable bonds is 6. The summed E-state index contributed by atoms with van der Waals surface area (Å²) in [6, 6.07) is 3.34. The number of ether oxygens (including phenoxy) is 1. The van der Waals surface area contributed by atoms with E-state index in [0.717, 1.165) is 25.7 Å². The number of aromatic hydroxyl groups is 1. The number of allylic oxidation sites excluding steroid dienone is 2. The van der Waals surface area contributed by atoms with Gasteiger partial charge >= 0.3 is 5.97 Å². The van der Waals surface area contributed by atoms with Crippen LogP contribution in [0.15, 0.2) is 47.5 Å². The zero-order valence-corrected chi connectivity index (χ0v) is 12.6. The molecule has 0 bridgehead atoms. The van der Waals surface area contributed by atoms with Crippen molar-refractivity contribution in [1.82, 2.24) is 4.72 Å². The Kier molecular flexibility index (Phi) is 5.54. The number of carbonyl (C=O) groups is 1. The molecule has 2 N–H and O–H groups in total. The Labute approximate surface area is 123 Å². The van der Waals surface area contributed by atoms with Crippen molar-refractivity contribution in [3.05, 3.63) is 48.2 Å². The lowest BCUT2D eigenvalue weighted by Crippen LogP contribution is -2.22. The van der Waals surface area contributed by atoms with Gasteiger partial charge in [-0.2, -0.15) is 0 Å². The molecule has 0 saturated carbocycles. The monoisotopic (exact) mass is 311 g/mol. The zero-order valence-electron chi connectivity index (χ0n) is 11.8. The van der Waals surface area contributed by atoms with Gasteiger partial charge in [0.05, 0.1) is 12.0 Å². The molecule has 114 valence electrons. The number of methoxy groups -OCH3 is 1. The minimum Gasteiger partial charge on any atom is -0.507 e. The first-order chi connectivity index (χ1) is 9.81. The third-order valence-electron chi connectivity index (χ3n) is 2.50. The number of carbonyl (C=O) groups excluding carboxylic acids is 1. The van der Waals surface area contributed by atoms with E-state index in [1.165, 1.54) is 6.07 Å². The number of esters is 1. The molecule has 0 unspecified atom stereocenters. The van der Waals surface area contributed by atoms with Crippen molar-refractivity contribution in [2.75, 3.05) is 7.11 Å². The molecule has 0 amide bonds. The second-order valence-corrected chi connectivity index (χ2v) is 5.79. The lowest BCUT2D eigenvalue weighted by atomic mass is 10.2. The first-order valence-corrected chi connectivity index (χ1v) is 7.59. The highest BCUT2D eigenvalue weighted by Crippen LogP contribution is 2.22. The summed E-state index contributed by atoms with van der Waals surface area (Å²) < 4.78 is 31.0. The van der Waals surface area contributed by atoms with Crippen molar-refractivity contribution in [2.24, 2.45) is 0 Å². The maximum atomic E-state index is 12.1. The smallest absolute Gasteiger partial charge is 0.341 e. The largest absolute Gasteiger partial charge is 0.507 e. The Bertz CT molecular complexity index is 677. The van der Waals surface area contributed by atoms with Gasteiger partial charge in [0.1, 0.15) is 11.3 Å². The Morgan fingerprint density at radius 2 is 2.14 bits per heavy atom. The summed E-state index contributed by atoms with van der Waals surface area (Å²) in [7, 11) is -2.75. The fraction of sp³-hybridized carbons (Fsp3) is 0.214. The highest BCUT2D eigenvalue weighted by Gasteiger charge is 2.19. The van der Waals surface area contributed by atoms with E-state index >= 15 is 0 Å². The van der Waals surface area contributed by atoms with Gasteiger partial charge in [0, 0.05) is 5.70 Å². The number of sulfonamides is 1. The highest BCUT2D eigenvalue weighted by atomic mass is 32.2. The normalized spacial score (nSPS) is 11.3. The molecule has 0 saturated heterocycles. The quantitative estimate of drug-likeness (QED) is 0.618. The van der Waals surface area contributed by atoms with Gasteiger partial charge in [0.25, 0.3) is 10.0 Å². The Morgan fingerprint density at radius 3 is 2.71 bits per heavy atom. The van der Waals surface area contributed by atoms with Crippen molar-refractivity contribution in [1.29, 1.82) is 0 Å². The molecule has 0 aromatic heterocycles. The summed E-state index contributed by atoms with van der Waals surface area (Å²) in [5.74, 6) is -1.18. The summed E-state index contributed by atoms with van der Waals surface area (Å²) in [5, 5.41) is 9.56. The van der Waals surface area contributed by atoms with Crippen LogP contribution in [0.1, 0.15) is 23.7 Å². The fourth-order valence-electron chi connectivity index (χ4n) is 1.48.